The molecule has 0 unspecified atom stereocenters. The van der Waals surface area contributed by atoms with Gasteiger partial charge >= 0.3 is 5.97 Å². The molecule has 0 radical (unpaired) electrons. The summed E-state index contributed by atoms with van der Waals surface area (Å²) in [6.45, 7) is 4.27. The van der Waals surface area contributed by atoms with Crippen LogP contribution in [0.2, 0.25) is 5.02 Å². The molecule has 0 aromatic heterocycles. The fraction of sp³-hybridized carbons (Fsp3) is 0.263. The van der Waals surface area contributed by atoms with Crippen molar-refractivity contribution in [1.29, 1.82) is 0 Å². The van der Waals surface area contributed by atoms with Gasteiger partial charge in [0.15, 0.2) is 0 Å². The minimum Gasteiger partial charge on any atom is -0.426 e. The van der Waals surface area contributed by atoms with Crippen LogP contribution < -0.4 is 4.74 Å². The number of hydrogen-bond donors (Lipinski definition) is 0. The van der Waals surface area contributed by atoms with E-state index in [1.807, 2.05) is 18.2 Å². The number of benzene rings is 2. The molecule has 3 nitrogen and oxygen atoms in total. The Kier molecular flexibility index (Phi) is 6.36. The molecule has 0 amide bonds. The number of ether oxygens (including phenoxy) is 1. The van der Waals surface area contributed by atoms with E-state index >= 15 is 0 Å². The van der Waals surface area contributed by atoms with Crippen LogP contribution >= 0.6 is 11.6 Å². The van der Waals surface area contributed by atoms with Crippen molar-refractivity contribution < 1.29 is 9.53 Å². The third-order valence-corrected chi connectivity index (χ3v) is 3.41. The summed E-state index contributed by atoms with van der Waals surface area (Å²) in [5, 5.41) is 0.517. The number of aliphatic imine (C=N–C) groups is 1. The third kappa shape index (κ3) is 5.87. The van der Waals surface area contributed by atoms with Crippen LogP contribution in [-0.2, 0) is 11.2 Å². The smallest absolute Gasteiger partial charge is 0.313 e. The molecule has 2 rings (SSSR count). The number of carbonyl (C=O) groups excluding carboxylic acids is 1. The Balaban J connectivity index is 1.97. The first-order valence-corrected chi connectivity index (χ1v) is 7.98. The minimum absolute atomic E-state index is 0.183. The first-order chi connectivity index (χ1) is 11.0. The average Bonchev–Trinajstić information content (AvgIpc) is 2.52. The second-order valence-electron chi connectivity index (χ2n) is 5.57. The van der Waals surface area contributed by atoms with E-state index in [4.69, 9.17) is 16.3 Å². The minimum atomic E-state index is -0.278. The molecule has 0 spiro atoms. The Morgan fingerprint density at radius 3 is 2.65 bits per heavy atom. The van der Waals surface area contributed by atoms with Crippen molar-refractivity contribution in [2.75, 3.05) is 6.54 Å². The zero-order chi connectivity index (χ0) is 16.7. The molecule has 0 saturated carbocycles. The summed E-state index contributed by atoms with van der Waals surface area (Å²) in [6, 6.07) is 15.4. The van der Waals surface area contributed by atoms with E-state index < -0.39 is 0 Å². The van der Waals surface area contributed by atoms with Crippen LogP contribution in [0.1, 0.15) is 25.0 Å². The van der Waals surface area contributed by atoms with Crippen LogP contribution in [0.3, 0.4) is 0 Å². The summed E-state index contributed by atoms with van der Waals surface area (Å²) >= 11 is 6.07. The highest BCUT2D eigenvalue weighted by molar-refractivity contribution is 6.31. The lowest BCUT2D eigenvalue weighted by atomic mass is 10.1. The third-order valence-electron chi connectivity index (χ3n) is 3.20. The molecule has 0 aliphatic rings. The fourth-order valence-corrected chi connectivity index (χ4v) is 2.19. The van der Waals surface area contributed by atoms with E-state index in [2.05, 4.69) is 17.1 Å². The molecular weight excluding hydrogens is 310 g/mol. The quantitative estimate of drug-likeness (QED) is 0.442. The lowest BCUT2D eigenvalue weighted by molar-refractivity contribution is -0.137. The van der Waals surface area contributed by atoms with E-state index in [1.54, 1.807) is 38.3 Å². The Hall–Kier alpha value is -2.13. The van der Waals surface area contributed by atoms with Gasteiger partial charge < -0.3 is 4.74 Å². The summed E-state index contributed by atoms with van der Waals surface area (Å²) in [5.41, 5.74) is 2.07. The first kappa shape index (κ1) is 17.2. The predicted octanol–water partition coefficient (Wildman–Crippen LogP) is 4.56. The largest absolute Gasteiger partial charge is 0.426 e. The van der Waals surface area contributed by atoms with E-state index in [-0.39, 0.29) is 11.9 Å². The lowest BCUT2D eigenvalue weighted by Gasteiger charge is -2.07. The number of hydrogen-bond acceptors (Lipinski definition) is 3. The van der Waals surface area contributed by atoms with Crippen molar-refractivity contribution in [1.82, 2.24) is 0 Å². The van der Waals surface area contributed by atoms with E-state index in [9.17, 15) is 4.79 Å². The van der Waals surface area contributed by atoms with Crippen molar-refractivity contribution in [2.24, 2.45) is 10.9 Å². The molecule has 0 fully saturated rings. The van der Waals surface area contributed by atoms with Gasteiger partial charge in [-0.05, 0) is 35.7 Å². The molecule has 120 valence electrons. The summed E-state index contributed by atoms with van der Waals surface area (Å²) in [7, 11) is 0. The number of halogens is 1. The summed E-state index contributed by atoms with van der Waals surface area (Å²) in [5.74, 6) is -0.0167. The van der Waals surface area contributed by atoms with Crippen LogP contribution in [0.15, 0.2) is 53.5 Å². The maximum atomic E-state index is 11.7. The van der Waals surface area contributed by atoms with E-state index in [1.165, 1.54) is 5.56 Å². The van der Waals surface area contributed by atoms with Gasteiger partial charge in [0, 0.05) is 17.8 Å². The highest BCUT2D eigenvalue weighted by atomic mass is 35.5. The molecule has 0 saturated heterocycles. The number of nitrogens with zero attached hydrogens (tertiary/aromatic N) is 1. The standard InChI is InChI=1S/C19H20ClNO2/c1-14(2)19(22)23-18-11-16(10-17(20)12-18)13-21-9-8-15-6-4-3-5-7-15/h3-7,10-14H,8-9H2,1-2H3. The van der Waals surface area contributed by atoms with Gasteiger partial charge in [-0.3, -0.25) is 9.79 Å². The van der Waals surface area contributed by atoms with Gasteiger partial charge in [-0.25, -0.2) is 0 Å². The monoisotopic (exact) mass is 329 g/mol. The van der Waals surface area contributed by atoms with Crippen LogP contribution in [0.25, 0.3) is 0 Å². The van der Waals surface area contributed by atoms with Gasteiger partial charge in [0.2, 0.25) is 0 Å². The highest BCUT2D eigenvalue weighted by Gasteiger charge is 2.10. The van der Waals surface area contributed by atoms with E-state index in [0.29, 0.717) is 17.3 Å². The molecule has 0 atom stereocenters. The zero-order valence-corrected chi connectivity index (χ0v) is 14.1. The van der Waals surface area contributed by atoms with Crippen LogP contribution in [0, 0.1) is 5.92 Å². The van der Waals surface area contributed by atoms with Gasteiger partial charge in [-0.1, -0.05) is 55.8 Å². The lowest BCUT2D eigenvalue weighted by Crippen LogP contribution is -2.14. The molecule has 4 heteroatoms. The summed E-state index contributed by atoms with van der Waals surface area (Å²) in [6.07, 6.45) is 2.63. The van der Waals surface area contributed by atoms with Gasteiger partial charge in [-0.15, -0.1) is 0 Å². The molecule has 2 aromatic rings. The predicted molar refractivity (Wildman–Crippen MR) is 94.5 cm³/mol. The van der Waals surface area contributed by atoms with Crippen molar-refractivity contribution in [2.45, 2.75) is 20.3 Å². The molecule has 0 N–H and O–H groups in total. The molecule has 0 aliphatic heterocycles. The van der Waals surface area contributed by atoms with Crippen molar-refractivity contribution in [3.8, 4) is 5.75 Å². The number of esters is 1. The van der Waals surface area contributed by atoms with E-state index in [0.717, 1.165) is 12.0 Å². The zero-order valence-electron chi connectivity index (χ0n) is 13.3. The number of rotatable bonds is 6. The Morgan fingerprint density at radius 1 is 1.22 bits per heavy atom. The van der Waals surface area contributed by atoms with Gasteiger partial charge in [0.05, 0.1) is 5.92 Å². The molecule has 23 heavy (non-hydrogen) atoms. The maximum absolute atomic E-state index is 11.7. The molecular formula is C19H20ClNO2. The summed E-state index contributed by atoms with van der Waals surface area (Å²) in [4.78, 5) is 16.1. The Labute approximate surface area is 142 Å². The fourth-order valence-electron chi connectivity index (χ4n) is 1.96. The molecule has 0 heterocycles. The second kappa shape index (κ2) is 8.49. The van der Waals surface area contributed by atoms with Crippen LogP contribution in [0.5, 0.6) is 5.75 Å². The Morgan fingerprint density at radius 2 is 1.96 bits per heavy atom. The van der Waals surface area contributed by atoms with Gasteiger partial charge in [0.1, 0.15) is 5.75 Å². The first-order valence-electron chi connectivity index (χ1n) is 7.60. The van der Waals surface area contributed by atoms with Crippen LogP contribution in [-0.4, -0.2) is 18.7 Å². The molecule has 0 bridgehead atoms. The maximum Gasteiger partial charge on any atom is 0.313 e. The van der Waals surface area contributed by atoms with Gasteiger partial charge in [0.25, 0.3) is 0 Å². The summed E-state index contributed by atoms with van der Waals surface area (Å²) < 4.78 is 5.29. The van der Waals surface area contributed by atoms with Crippen LogP contribution in [0.4, 0.5) is 0 Å². The van der Waals surface area contributed by atoms with Gasteiger partial charge in [-0.2, -0.15) is 0 Å². The Bertz CT molecular complexity index is 681. The average molecular weight is 330 g/mol. The highest BCUT2D eigenvalue weighted by Crippen LogP contribution is 2.21. The van der Waals surface area contributed by atoms with Crippen molar-refractivity contribution >= 4 is 23.8 Å². The molecule has 2 aromatic carbocycles. The van der Waals surface area contributed by atoms with Crippen molar-refractivity contribution in [3.63, 3.8) is 0 Å². The second-order valence-corrected chi connectivity index (χ2v) is 6.00. The van der Waals surface area contributed by atoms with Crippen molar-refractivity contribution in [3.05, 3.63) is 64.7 Å². The SMILES string of the molecule is CC(C)C(=O)Oc1cc(Cl)cc(C=NCCc2ccccc2)c1. The normalized spacial score (nSPS) is 11.1. The molecule has 0 aliphatic carbocycles. The topological polar surface area (TPSA) is 38.7 Å². The number of carbonyl (C=O) groups is 1.